The maximum Gasteiger partial charge on any atom is 0.251 e. The molecule has 0 bridgehead atoms. The Kier molecular flexibility index (Phi) is 5.92. The molecular weight excluding hydrogens is 400 g/mol. The Labute approximate surface area is 166 Å². The Morgan fingerprint density at radius 3 is 2.57 bits per heavy atom. The number of anilines is 1. The second-order valence-corrected chi connectivity index (χ2v) is 8.92. The van der Waals surface area contributed by atoms with Crippen LogP contribution in [0.1, 0.15) is 13.8 Å². The van der Waals surface area contributed by atoms with Crippen molar-refractivity contribution in [1.82, 2.24) is 13.9 Å². The van der Waals surface area contributed by atoms with E-state index in [9.17, 15) is 18.0 Å². The molecule has 1 amide bonds. The number of sulfonamides is 1. The standard InChI is InChI=1S/C18H20N4O4S2/c1-3-22(4-2)28(25,26)13-9-10-17(24)21(11-13)12-16(23)20-18-19-14-7-5-6-8-15(14)27-18/h5-11H,3-4,12H2,1-2H3,(H,19,20,23). The van der Waals surface area contributed by atoms with E-state index in [1.54, 1.807) is 13.8 Å². The van der Waals surface area contributed by atoms with Crippen molar-refractivity contribution < 1.29 is 13.2 Å². The zero-order valence-electron chi connectivity index (χ0n) is 15.5. The third-order valence-electron chi connectivity index (χ3n) is 4.15. The highest BCUT2D eigenvalue weighted by Crippen LogP contribution is 2.25. The number of thiazole rings is 1. The number of aromatic nitrogens is 2. The summed E-state index contributed by atoms with van der Waals surface area (Å²) in [6.07, 6.45) is 1.20. The topological polar surface area (TPSA) is 101 Å². The number of hydrogen-bond acceptors (Lipinski definition) is 6. The lowest BCUT2D eigenvalue weighted by Gasteiger charge is -2.18. The maximum absolute atomic E-state index is 12.6. The van der Waals surface area contributed by atoms with E-state index in [-0.39, 0.29) is 11.4 Å². The first-order chi connectivity index (χ1) is 13.3. The van der Waals surface area contributed by atoms with Gasteiger partial charge in [0.2, 0.25) is 15.9 Å². The van der Waals surface area contributed by atoms with Gasteiger partial charge in [-0.15, -0.1) is 0 Å². The third-order valence-corrected chi connectivity index (χ3v) is 7.14. The summed E-state index contributed by atoms with van der Waals surface area (Å²) in [7, 11) is -3.72. The van der Waals surface area contributed by atoms with Crippen LogP contribution in [0.5, 0.6) is 0 Å². The van der Waals surface area contributed by atoms with Crippen molar-refractivity contribution in [2.75, 3.05) is 18.4 Å². The largest absolute Gasteiger partial charge is 0.305 e. The van der Waals surface area contributed by atoms with Gasteiger partial charge in [0.1, 0.15) is 6.54 Å². The SMILES string of the molecule is CCN(CC)S(=O)(=O)c1ccc(=O)n(CC(=O)Nc2nc3ccccc3s2)c1. The second kappa shape index (κ2) is 8.21. The molecule has 3 aromatic rings. The van der Waals surface area contributed by atoms with Gasteiger partial charge >= 0.3 is 0 Å². The van der Waals surface area contributed by atoms with Crippen molar-refractivity contribution in [2.24, 2.45) is 0 Å². The molecule has 1 N–H and O–H groups in total. The number of nitrogens with one attached hydrogen (secondary N) is 1. The van der Waals surface area contributed by atoms with Crippen molar-refractivity contribution in [3.05, 3.63) is 52.9 Å². The molecule has 3 rings (SSSR count). The lowest BCUT2D eigenvalue weighted by molar-refractivity contribution is -0.116. The highest BCUT2D eigenvalue weighted by molar-refractivity contribution is 7.89. The molecular formula is C18H20N4O4S2. The zero-order chi connectivity index (χ0) is 20.3. The number of pyridine rings is 1. The average Bonchev–Trinajstić information content (AvgIpc) is 3.06. The van der Waals surface area contributed by atoms with E-state index in [0.717, 1.165) is 20.9 Å². The van der Waals surface area contributed by atoms with Gasteiger partial charge in [-0.3, -0.25) is 9.59 Å². The molecule has 2 heterocycles. The minimum Gasteiger partial charge on any atom is -0.305 e. The van der Waals surface area contributed by atoms with Gasteiger partial charge in [0.25, 0.3) is 5.56 Å². The molecule has 10 heteroatoms. The number of amides is 1. The zero-order valence-corrected chi connectivity index (χ0v) is 17.1. The number of hydrogen-bond donors (Lipinski definition) is 1. The van der Waals surface area contributed by atoms with Crippen molar-refractivity contribution >= 4 is 42.6 Å². The Hall–Kier alpha value is -2.56. The summed E-state index contributed by atoms with van der Waals surface area (Å²) in [5, 5.41) is 3.08. The van der Waals surface area contributed by atoms with Crippen LogP contribution in [0.3, 0.4) is 0 Å². The molecule has 0 fully saturated rings. The lowest BCUT2D eigenvalue weighted by atomic mass is 10.3. The molecule has 1 aromatic carbocycles. The van der Waals surface area contributed by atoms with E-state index in [1.807, 2.05) is 24.3 Å². The van der Waals surface area contributed by atoms with Crippen molar-refractivity contribution in [2.45, 2.75) is 25.3 Å². The van der Waals surface area contributed by atoms with Crippen LogP contribution in [0.25, 0.3) is 10.2 Å². The lowest BCUT2D eigenvalue weighted by Crippen LogP contribution is -2.33. The number of para-hydroxylation sites is 1. The average molecular weight is 421 g/mol. The van der Waals surface area contributed by atoms with Gasteiger partial charge in [-0.25, -0.2) is 13.4 Å². The summed E-state index contributed by atoms with van der Waals surface area (Å²) in [5.41, 5.74) is 0.310. The van der Waals surface area contributed by atoms with E-state index in [4.69, 9.17) is 0 Å². The van der Waals surface area contributed by atoms with Crippen molar-refractivity contribution in [3.63, 3.8) is 0 Å². The number of benzene rings is 1. The Morgan fingerprint density at radius 2 is 1.89 bits per heavy atom. The molecule has 148 valence electrons. The molecule has 0 atom stereocenters. The molecule has 0 spiro atoms. The number of carbonyl (C=O) groups excluding carboxylic acids is 1. The fourth-order valence-corrected chi connectivity index (χ4v) is 5.10. The summed E-state index contributed by atoms with van der Waals surface area (Å²) < 4.78 is 28.6. The molecule has 2 aromatic heterocycles. The van der Waals surface area contributed by atoms with Crippen LogP contribution in [0.4, 0.5) is 5.13 Å². The molecule has 0 aliphatic rings. The first-order valence-electron chi connectivity index (χ1n) is 8.71. The van der Waals surface area contributed by atoms with Gasteiger partial charge in [0, 0.05) is 25.4 Å². The van der Waals surface area contributed by atoms with E-state index < -0.39 is 21.5 Å². The number of carbonyl (C=O) groups is 1. The smallest absolute Gasteiger partial charge is 0.251 e. The Bertz CT molecular complexity index is 1130. The normalized spacial score (nSPS) is 11.8. The van der Waals surface area contributed by atoms with E-state index in [2.05, 4.69) is 10.3 Å². The molecule has 0 saturated heterocycles. The van der Waals surface area contributed by atoms with Gasteiger partial charge in [0.05, 0.1) is 15.1 Å². The molecule has 28 heavy (non-hydrogen) atoms. The highest BCUT2D eigenvalue weighted by Gasteiger charge is 2.22. The first-order valence-corrected chi connectivity index (χ1v) is 11.0. The van der Waals surface area contributed by atoms with E-state index in [0.29, 0.717) is 18.2 Å². The number of rotatable bonds is 7. The van der Waals surface area contributed by atoms with Gasteiger partial charge in [-0.05, 0) is 18.2 Å². The number of fused-ring (bicyclic) bond motifs is 1. The summed E-state index contributed by atoms with van der Waals surface area (Å²) >= 11 is 1.32. The third kappa shape index (κ3) is 4.13. The molecule has 0 saturated carbocycles. The second-order valence-electron chi connectivity index (χ2n) is 5.96. The van der Waals surface area contributed by atoms with Crippen LogP contribution in [0.15, 0.2) is 52.3 Å². The number of nitrogens with zero attached hydrogens (tertiary/aromatic N) is 3. The van der Waals surface area contributed by atoms with Gasteiger partial charge < -0.3 is 9.88 Å². The predicted octanol–water partition coefficient (Wildman–Crippen LogP) is 2.13. The minimum absolute atomic E-state index is 0.0245. The molecule has 0 radical (unpaired) electrons. The van der Waals surface area contributed by atoms with E-state index in [1.165, 1.54) is 27.9 Å². The molecule has 0 unspecified atom stereocenters. The van der Waals surface area contributed by atoms with Gasteiger partial charge in [-0.1, -0.05) is 37.3 Å². The van der Waals surface area contributed by atoms with Gasteiger partial charge in [-0.2, -0.15) is 4.31 Å². The van der Waals surface area contributed by atoms with Crippen LogP contribution in [-0.2, 0) is 21.4 Å². The van der Waals surface area contributed by atoms with Crippen LogP contribution in [0.2, 0.25) is 0 Å². The highest BCUT2D eigenvalue weighted by atomic mass is 32.2. The summed E-state index contributed by atoms with van der Waals surface area (Å²) in [6.45, 7) is 3.80. The fourth-order valence-electron chi connectivity index (χ4n) is 2.74. The fraction of sp³-hybridized carbons (Fsp3) is 0.278. The van der Waals surface area contributed by atoms with Crippen LogP contribution in [0, 0.1) is 0 Å². The quantitative estimate of drug-likeness (QED) is 0.631. The van der Waals surface area contributed by atoms with Crippen molar-refractivity contribution in [3.8, 4) is 0 Å². The maximum atomic E-state index is 12.6. The minimum atomic E-state index is -3.72. The Morgan fingerprint density at radius 1 is 1.18 bits per heavy atom. The molecule has 8 nitrogen and oxygen atoms in total. The molecule has 0 aliphatic heterocycles. The monoisotopic (exact) mass is 420 g/mol. The van der Waals surface area contributed by atoms with Crippen LogP contribution < -0.4 is 10.9 Å². The summed E-state index contributed by atoms with van der Waals surface area (Å²) in [4.78, 5) is 28.7. The first kappa shape index (κ1) is 20.2. The van der Waals surface area contributed by atoms with E-state index >= 15 is 0 Å². The summed E-state index contributed by atoms with van der Waals surface area (Å²) in [6, 6.07) is 9.89. The van der Waals surface area contributed by atoms with Crippen molar-refractivity contribution in [1.29, 1.82) is 0 Å². The van der Waals surface area contributed by atoms with Gasteiger partial charge in [0.15, 0.2) is 5.13 Å². The Balaban J connectivity index is 1.81. The van der Waals surface area contributed by atoms with Crippen LogP contribution >= 0.6 is 11.3 Å². The molecule has 0 aliphatic carbocycles. The predicted molar refractivity (Wildman–Crippen MR) is 109 cm³/mol. The summed E-state index contributed by atoms with van der Waals surface area (Å²) in [5.74, 6) is -0.460. The van der Waals surface area contributed by atoms with Crippen LogP contribution in [-0.4, -0.2) is 41.3 Å².